The zero-order chi connectivity index (χ0) is 25.9. The van der Waals surface area contributed by atoms with Crippen molar-refractivity contribution in [3.63, 3.8) is 0 Å². The van der Waals surface area contributed by atoms with E-state index in [0.29, 0.717) is 35.6 Å². The molecule has 38 heavy (non-hydrogen) atoms. The van der Waals surface area contributed by atoms with Gasteiger partial charge < -0.3 is 20.0 Å². The summed E-state index contributed by atoms with van der Waals surface area (Å²) in [5.41, 5.74) is 2.80. The minimum Gasteiger partial charge on any atom is -0.432 e. The SMILES string of the molecule is O=C(NCC1CCCCC1)N1CCC[C@@H](Nc2nccc(-c3c(-c4ccc(F)cc4)nc4occn34)n2)C1. The maximum atomic E-state index is 13.6. The third-order valence-corrected chi connectivity index (χ3v) is 7.59. The van der Waals surface area contributed by atoms with Crippen molar-refractivity contribution >= 4 is 17.8 Å². The fourth-order valence-corrected chi connectivity index (χ4v) is 5.60. The number of carbonyl (C=O) groups is 1. The topological polar surface area (TPSA) is 101 Å². The lowest BCUT2D eigenvalue weighted by atomic mass is 9.89. The largest absolute Gasteiger partial charge is 0.432 e. The molecule has 0 unspecified atom stereocenters. The van der Waals surface area contributed by atoms with E-state index in [-0.39, 0.29) is 17.9 Å². The highest BCUT2D eigenvalue weighted by Gasteiger charge is 2.26. The molecule has 0 spiro atoms. The third kappa shape index (κ3) is 5.20. The van der Waals surface area contributed by atoms with Crippen molar-refractivity contribution < 1.29 is 13.6 Å². The smallest absolute Gasteiger partial charge is 0.317 e. The van der Waals surface area contributed by atoms with Crippen molar-refractivity contribution in [1.82, 2.24) is 29.6 Å². The van der Waals surface area contributed by atoms with Crippen LogP contribution in [0.2, 0.25) is 0 Å². The lowest BCUT2D eigenvalue weighted by molar-refractivity contribution is 0.179. The molecule has 0 radical (unpaired) electrons. The molecule has 2 aliphatic rings. The number of aromatic nitrogens is 4. The number of imidazole rings is 1. The van der Waals surface area contributed by atoms with Gasteiger partial charge >= 0.3 is 11.9 Å². The van der Waals surface area contributed by atoms with Gasteiger partial charge in [-0.15, -0.1) is 0 Å². The van der Waals surface area contributed by atoms with Crippen molar-refractivity contribution in [3.05, 3.63) is 54.8 Å². The van der Waals surface area contributed by atoms with Gasteiger partial charge in [0.05, 0.1) is 5.69 Å². The number of likely N-dealkylation sites (tertiary alicyclic amines) is 1. The lowest BCUT2D eigenvalue weighted by Gasteiger charge is -2.33. The molecular weight excluding hydrogens is 485 g/mol. The average Bonchev–Trinajstić information content (AvgIpc) is 3.55. The molecule has 2 fully saturated rings. The van der Waals surface area contributed by atoms with Crippen LogP contribution in [0.4, 0.5) is 15.1 Å². The highest BCUT2D eigenvalue weighted by Crippen LogP contribution is 2.32. The first-order chi connectivity index (χ1) is 18.6. The summed E-state index contributed by atoms with van der Waals surface area (Å²) in [5.74, 6) is 1.21. The number of nitrogens with one attached hydrogen (secondary N) is 2. The second kappa shape index (κ2) is 10.8. The normalized spacial score (nSPS) is 18.6. The number of amides is 2. The van der Waals surface area contributed by atoms with Gasteiger partial charge in [0.1, 0.15) is 23.5 Å². The molecular formula is C28H32FN7O2. The Kier molecular flexibility index (Phi) is 6.94. The summed E-state index contributed by atoms with van der Waals surface area (Å²) in [6.45, 7) is 2.12. The molecule has 4 heterocycles. The molecule has 198 valence electrons. The van der Waals surface area contributed by atoms with Crippen LogP contribution < -0.4 is 10.6 Å². The van der Waals surface area contributed by atoms with Crippen molar-refractivity contribution in [2.24, 2.45) is 5.92 Å². The van der Waals surface area contributed by atoms with Crippen LogP contribution in [0.3, 0.4) is 0 Å². The number of rotatable bonds is 6. The van der Waals surface area contributed by atoms with E-state index in [1.807, 2.05) is 15.4 Å². The second-order valence-electron chi connectivity index (χ2n) is 10.3. The number of urea groups is 1. The Bertz CT molecular complexity index is 1390. The van der Waals surface area contributed by atoms with Crippen LogP contribution in [0.25, 0.3) is 28.5 Å². The minimum absolute atomic E-state index is 0.0160. The first kappa shape index (κ1) is 24.4. The number of halogens is 1. The van der Waals surface area contributed by atoms with E-state index in [2.05, 4.69) is 20.6 Å². The van der Waals surface area contributed by atoms with Gasteiger partial charge in [-0.2, -0.15) is 4.98 Å². The van der Waals surface area contributed by atoms with Gasteiger partial charge in [0.15, 0.2) is 0 Å². The quantitative estimate of drug-likeness (QED) is 0.357. The van der Waals surface area contributed by atoms with E-state index in [1.54, 1.807) is 30.8 Å². The molecule has 1 saturated carbocycles. The number of hydrogen-bond acceptors (Lipinski definition) is 6. The van der Waals surface area contributed by atoms with Crippen LogP contribution in [0.5, 0.6) is 0 Å². The third-order valence-electron chi connectivity index (χ3n) is 7.59. The molecule has 1 aliphatic carbocycles. The molecule has 1 saturated heterocycles. The summed E-state index contributed by atoms with van der Waals surface area (Å²) in [4.78, 5) is 28.6. The molecule has 2 N–H and O–H groups in total. The monoisotopic (exact) mass is 517 g/mol. The first-order valence-electron chi connectivity index (χ1n) is 13.5. The van der Waals surface area contributed by atoms with Crippen LogP contribution in [-0.2, 0) is 0 Å². The molecule has 1 atom stereocenters. The summed E-state index contributed by atoms with van der Waals surface area (Å²) in [5, 5.41) is 6.60. The Hall–Kier alpha value is -3.95. The summed E-state index contributed by atoms with van der Waals surface area (Å²) < 4.78 is 20.9. The number of piperidine rings is 1. The molecule has 1 aliphatic heterocycles. The van der Waals surface area contributed by atoms with Crippen LogP contribution in [-0.4, -0.2) is 56.0 Å². The van der Waals surface area contributed by atoms with Gasteiger partial charge in [-0.25, -0.2) is 19.2 Å². The van der Waals surface area contributed by atoms with Gasteiger partial charge in [-0.1, -0.05) is 19.3 Å². The Morgan fingerprint density at radius 1 is 1.05 bits per heavy atom. The van der Waals surface area contributed by atoms with Gasteiger partial charge in [0, 0.05) is 43.6 Å². The summed E-state index contributed by atoms with van der Waals surface area (Å²) in [6, 6.07) is 8.09. The number of nitrogens with zero attached hydrogens (tertiary/aromatic N) is 5. The summed E-state index contributed by atoms with van der Waals surface area (Å²) in [7, 11) is 0. The standard InChI is InChI=1S/C28H32FN7O2/c29-21-10-8-20(9-11-21)24-25(36-15-16-38-28(36)34-24)23-12-13-30-26(33-23)32-22-7-4-14-35(18-22)27(37)31-17-19-5-2-1-3-6-19/h8-13,15-16,19,22H,1-7,14,17-18H2,(H,31,37)(H,30,32,33)/t22-/m1/s1. The zero-order valence-electron chi connectivity index (χ0n) is 21.3. The zero-order valence-corrected chi connectivity index (χ0v) is 21.3. The van der Waals surface area contributed by atoms with Crippen LogP contribution in [0.15, 0.2) is 53.4 Å². The number of fused-ring (bicyclic) bond motifs is 1. The van der Waals surface area contributed by atoms with Crippen LogP contribution >= 0.6 is 0 Å². The lowest BCUT2D eigenvalue weighted by Crippen LogP contribution is -2.50. The Balaban J connectivity index is 1.17. The van der Waals surface area contributed by atoms with E-state index in [0.717, 1.165) is 37.2 Å². The predicted molar refractivity (Wildman–Crippen MR) is 142 cm³/mol. The number of anilines is 1. The van der Waals surface area contributed by atoms with Crippen LogP contribution in [0, 0.1) is 11.7 Å². The van der Waals surface area contributed by atoms with Crippen molar-refractivity contribution in [1.29, 1.82) is 0 Å². The molecule has 1 aromatic carbocycles. The maximum absolute atomic E-state index is 13.6. The molecule has 10 heteroatoms. The number of benzene rings is 1. The number of carbonyl (C=O) groups excluding carboxylic acids is 1. The minimum atomic E-state index is -0.309. The first-order valence-corrected chi connectivity index (χ1v) is 13.5. The molecule has 3 aromatic heterocycles. The van der Waals surface area contributed by atoms with Crippen molar-refractivity contribution in [3.8, 4) is 22.6 Å². The van der Waals surface area contributed by atoms with Crippen molar-refractivity contribution in [2.75, 3.05) is 25.0 Å². The van der Waals surface area contributed by atoms with Crippen molar-refractivity contribution in [2.45, 2.75) is 51.0 Å². The summed E-state index contributed by atoms with van der Waals surface area (Å²) in [6.07, 6.45) is 13.2. The predicted octanol–water partition coefficient (Wildman–Crippen LogP) is 5.36. The Morgan fingerprint density at radius 2 is 1.89 bits per heavy atom. The molecule has 2 amide bonds. The van der Waals surface area contributed by atoms with E-state index in [9.17, 15) is 9.18 Å². The highest BCUT2D eigenvalue weighted by molar-refractivity contribution is 5.79. The van der Waals surface area contributed by atoms with Gasteiger partial charge in [0.2, 0.25) is 5.95 Å². The van der Waals surface area contributed by atoms with Gasteiger partial charge in [-0.3, -0.25) is 4.40 Å². The number of oxazole rings is 1. The Labute approximate surface area is 220 Å². The second-order valence-corrected chi connectivity index (χ2v) is 10.3. The van der Waals surface area contributed by atoms with E-state index < -0.39 is 0 Å². The van der Waals surface area contributed by atoms with Crippen LogP contribution in [0.1, 0.15) is 44.9 Å². The molecule has 6 rings (SSSR count). The number of hydrogen-bond donors (Lipinski definition) is 2. The van der Waals surface area contributed by atoms with E-state index >= 15 is 0 Å². The van der Waals surface area contributed by atoms with Gasteiger partial charge in [0.25, 0.3) is 0 Å². The maximum Gasteiger partial charge on any atom is 0.317 e. The molecule has 9 nitrogen and oxygen atoms in total. The fraction of sp³-hybridized carbons (Fsp3) is 0.429. The Morgan fingerprint density at radius 3 is 2.74 bits per heavy atom. The van der Waals surface area contributed by atoms with E-state index in [1.165, 1.54) is 44.2 Å². The van der Waals surface area contributed by atoms with E-state index in [4.69, 9.17) is 9.40 Å². The fourth-order valence-electron chi connectivity index (χ4n) is 5.60. The van der Waals surface area contributed by atoms with Gasteiger partial charge in [-0.05, 0) is 61.9 Å². The highest BCUT2D eigenvalue weighted by atomic mass is 19.1. The summed E-state index contributed by atoms with van der Waals surface area (Å²) >= 11 is 0. The average molecular weight is 518 g/mol. The molecule has 4 aromatic rings. The molecule has 0 bridgehead atoms.